The van der Waals surface area contributed by atoms with Gasteiger partial charge < -0.3 is 19.7 Å². The number of carbonyl (C=O) groups excluding carboxylic acids is 2. The third kappa shape index (κ3) is 7.13. The number of amides is 2. The van der Waals surface area contributed by atoms with Crippen molar-refractivity contribution in [1.82, 2.24) is 10.2 Å². The molecular formula is C26H35N3O6S. The SMILES string of the molecule is COc1ccc(N(CC(=O)N(Cc2cccc(OC)c2)[C@@H](C)C(=O)NC2CCCC2)S(C)(=O)=O)cc1. The van der Waals surface area contributed by atoms with Gasteiger partial charge in [0.25, 0.3) is 0 Å². The molecule has 0 aromatic heterocycles. The monoisotopic (exact) mass is 517 g/mol. The minimum absolute atomic E-state index is 0.0977. The molecule has 36 heavy (non-hydrogen) atoms. The van der Waals surface area contributed by atoms with E-state index in [9.17, 15) is 18.0 Å². The number of rotatable bonds is 11. The minimum Gasteiger partial charge on any atom is -0.497 e. The van der Waals surface area contributed by atoms with E-state index >= 15 is 0 Å². The predicted octanol–water partition coefficient (Wildman–Crippen LogP) is 2.95. The first-order valence-electron chi connectivity index (χ1n) is 12.0. The van der Waals surface area contributed by atoms with Gasteiger partial charge in [-0.3, -0.25) is 13.9 Å². The van der Waals surface area contributed by atoms with E-state index in [1.165, 1.54) is 12.0 Å². The minimum atomic E-state index is -3.79. The molecule has 0 spiro atoms. The molecule has 3 rings (SSSR count). The van der Waals surface area contributed by atoms with Crippen molar-refractivity contribution in [2.45, 2.75) is 51.2 Å². The van der Waals surface area contributed by atoms with Crippen molar-refractivity contribution >= 4 is 27.5 Å². The van der Waals surface area contributed by atoms with Crippen LogP contribution in [0.25, 0.3) is 0 Å². The number of methoxy groups -OCH3 is 2. The van der Waals surface area contributed by atoms with Crippen molar-refractivity contribution in [2.75, 3.05) is 31.3 Å². The molecule has 10 heteroatoms. The zero-order chi connectivity index (χ0) is 26.3. The summed E-state index contributed by atoms with van der Waals surface area (Å²) in [5.74, 6) is 0.441. The first kappa shape index (κ1) is 27.3. The van der Waals surface area contributed by atoms with Gasteiger partial charge in [0.2, 0.25) is 21.8 Å². The molecule has 9 nitrogen and oxygen atoms in total. The third-order valence-electron chi connectivity index (χ3n) is 6.40. The van der Waals surface area contributed by atoms with Crippen LogP contribution >= 0.6 is 0 Å². The number of anilines is 1. The molecule has 0 radical (unpaired) electrons. The average molecular weight is 518 g/mol. The van der Waals surface area contributed by atoms with Crippen molar-refractivity contribution in [3.05, 3.63) is 54.1 Å². The fraction of sp³-hybridized carbons (Fsp3) is 0.462. The highest BCUT2D eigenvalue weighted by Crippen LogP contribution is 2.23. The highest BCUT2D eigenvalue weighted by Gasteiger charge is 2.31. The average Bonchev–Trinajstić information content (AvgIpc) is 3.37. The van der Waals surface area contributed by atoms with Gasteiger partial charge in [-0.2, -0.15) is 0 Å². The standard InChI is InChI=1S/C26H35N3O6S/c1-19(26(31)27-21-9-5-6-10-21)28(17-20-8-7-11-24(16-20)35-3)25(30)18-29(36(4,32)33)22-12-14-23(34-2)15-13-22/h7-8,11-16,19,21H,5-6,9-10,17-18H2,1-4H3,(H,27,31)/t19-/m0/s1. The molecule has 1 saturated carbocycles. The maximum Gasteiger partial charge on any atom is 0.244 e. The summed E-state index contributed by atoms with van der Waals surface area (Å²) in [7, 11) is -0.720. The normalized spacial score (nSPS) is 14.7. The molecule has 0 aliphatic heterocycles. The summed E-state index contributed by atoms with van der Waals surface area (Å²) >= 11 is 0. The van der Waals surface area contributed by atoms with Crippen LogP contribution in [0.1, 0.15) is 38.2 Å². The lowest BCUT2D eigenvalue weighted by Gasteiger charge is -2.32. The van der Waals surface area contributed by atoms with Crippen LogP contribution in [-0.4, -0.2) is 64.2 Å². The number of benzene rings is 2. The molecule has 1 fully saturated rings. The van der Waals surface area contributed by atoms with Crippen molar-refractivity contribution in [3.8, 4) is 11.5 Å². The Hall–Kier alpha value is -3.27. The van der Waals surface area contributed by atoms with Crippen LogP contribution in [0.4, 0.5) is 5.69 Å². The third-order valence-corrected chi connectivity index (χ3v) is 7.54. The number of sulfonamides is 1. The molecule has 0 unspecified atom stereocenters. The van der Waals surface area contributed by atoms with Gasteiger partial charge in [-0.05, 0) is 61.7 Å². The molecule has 0 bridgehead atoms. The fourth-order valence-corrected chi connectivity index (χ4v) is 5.15. The van der Waals surface area contributed by atoms with Gasteiger partial charge in [0.15, 0.2) is 0 Å². The molecular weight excluding hydrogens is 482 g/mol. The summed E-state index contributed by atoms with van der Waals surface area (Å²) in [6.07, 6.45) is 5.02. The summed E-state index contributed by atoms with van der Waals surface area (Å²) in [5.41, 5.74) is 1.09. The summed E-state index contributed by atoms with van der Waals surface area (Å²) in [6, 6.07) is 12.9. The van der Waals surface area contributed by atoms with Crippen LogP contribution in [0.15, 0.2) is 48.5 Å². The van der Waals surface area contributed by atoms with Crippen LogP contribution in [0.2, 0.25) is 0 Å². The summed E-state index contributed by atoms with van der Waals surface area (Å²) in [6.45, 7) is 1.34. The second kappa shape index (κ2) is 12.1. The summed E-state index contributed by atoms with van der Waals surface area (Å²) in [5, 5.41) is 3.05. The van der Waals surface area contributed by atoms with Gasteiger partial charge in [0.1, 0.15) is 24.1 Å². The Kier molecular flexibility index (Phi) is 9.19. The molecule has 1 atom stereocenters. The smallest absolute Gasteiger partial charge is 0.244 e. The van der Waals surface area contributed by atoms with Crippen molar-refractivity contribution in [1.29, 1.82) is 0 Å². The fourth-order valence-electron chi connectivity index (χ4n) is 4.30. The second-order valence-electron chi connectivity index (χ2n) is 9.01. The number of carbonyl (C=O) groups is 2. The lowest BCUT2D eigenvalue weighted by molar-refractivity contribution is -0.139. The topological polar surface area (TPSA) is 105 Å². The first-order valence-corrected chi connectivity index (χ1v) is 13.8. The maximum atomic E-state index is 13.6. The molecule has 0 heterocycles. The first-order chi connectivity index (χ1) is 17.1. The highest BCUT2D eigenvalue weighted by molar-refractivity contribution is 7.92. The Labute approximate surface area is 213 Å². The predicted molar refractivity (Wildman–Crippen MR) is 139 cm³/mol. The van der Waals surface area contributed by atoms with E-state index in [0.717, 1.165) is 41.8 Å². The van der Waals surface area contributed by atoms with Crippen molar-refractivity contribution in [3.63, 3.8) is 0 Å². The van der Waals surface area contributed by atoms with Gasteiger partial charge in [0, 0.05) is 12.6 Å². The van der Waals surface area contributed by atoms with Gasteiger partial charge in [-0.25, -0.2) is 8.42 Å². The van der Waals surface area contributed by atoms with Gasteiger partial charge >= 0.3 is 0 Å². The van der Waals surface area contributed by atoms with Crippen molar-refractivity contribution in [2.24, 2.45) is 0 Å². The molecule has 2 aromatic carbocycles. The van der Waals surface area contributed by atoms with E-state index in [0.29, 0.717) is 17.2 Å². The molecule has 1 N–H and O–H groups in total. The van der Waals surface area contributed by atoms with E-state index in [1.807, 2.05) is 6.07 Å². The lowest BCUT2D eigenvalue weighted by Crippen LogP contribution is -2.52. The van der Waals surface area contributed by atoms with Crippen LogP contribution in [-0.2, 0) is 26.2 Å². The Morgan fingerprint density at radius 2 is 1.67 bits per heavy atom. The summed E-state index contributed by atoms with van der Waals surface area (Å²) < 4.78 is 36.8. The summed E-state index contributed by atoms with van der Waals surface area (Å²) in [4.78, 5) is 28.1. The largest absolute Gasteiger partial charge is 0.497 e. The molecule has 0 saturated heterocycles. The molecule has 1 aliphatic rings. The van der Waals surface area contributed by atoms with Crippen molar-refractivity contribution < 1.29 is 27.5 Å². The van der Waals surface area contributed by atoms with Crippen LogP contribution in [0.3, 0.4) is 0 Å². The molecule has 196 valence electrons. The number of nitrogens with zero attached hydrogens (tertiary/aromatic N) is 2. The Balaban J connectivity index is 1.88. The van der Waals surface area contributed by atoms with Crippen LogP contribution in [0.5, 0.6) is 11.5 Å². The molecule has 1 aliphatic carbocycles. The second-order valence-corrected chi connectivity index (χ2v) is 10.9. The molecule has 2 amide bonds. The van der Waals surface area contributed by atoms with Crippen LogP contribution in [0, 0.1) is 0 Å². The lowest BCUT2D eigenvalue weighted by atomic mass is 10.1. The Bertz CT molecular complexity index is 1150. The van der Waals surface area contributed by atoms with E-state index in [4.69, 9.17) is 9.47 Å². The Morgan fingerprint density at radius 3 is 2.25 bits per heavy atom. The molecule has 2 aromatic rings. The Morgan fingerprint density at radius 1 is 1.03 bits per heavy atom. The number of ether oxygens (including phenoxy) is 2. The van der Waals surface area contributed by atoms with E-state index in [2.05, 4.69) is 5.32 Å². The maximum absolute atomic E-state index is 13.6. The number of hydrogen-bond donors (Lipinski definition) is 1. The van der Waals surface area contributed by atoms with Gasteiger partial charge in [0.05, 0.1) is 26.2 Å². The highest BCUT2D eigenvalue weighted by atomic mass is 32.2. The van der Waals surface area contributed by atoms with Crippen LogP contribution < -0.4 is 19.1 Å². The van der Waals surface area contributed by atoms with Gasteiger partial charge in [-0.1, -0.05) is 25.0 Å². The number of nitrogens with one attached hydrogen (secondary N) is 1. The van der Waals surface area contributed by atoms with E-state index in [1.54, 1.807) is 56.5 Å². The zero-order valence-corrected chi connectivity index (χ0v) is 22.1. The zero-order valence-electron chi connectivity index (χ0n) is 21.3. The number of hydrogen-bond acceptors (Lipinski definition) is 6. The van der Waals surface area contributed by atoms with E-state index < -0.39 is 28.5 Å². The van der Waals surface area contributed by atoms with E-state index in [-0.39, 0.29) is 18.5 Å². The van der Waals surface area contributed by atoms with Gasteiger partial charge in [-0.15, -0.1) is 0 Å². The quantitative estimate of drug-likeness (QED) is 0.491.